The van der Waals surface area contributed by atoms with Gasteiger partial charge in [-0.1, -0.05) is 36.4 Å². The minimum absolute atomic E-state index is 0.548. The third kappa shape index (κ3) is 3.70. The van der Waals surface area contributed by atoms with Gasteiger partial charge in [-0.3, -0.25) is 4.79 Å². The number of carboxylic acid groups (broad SMARTS) is 1. The van der Waals surface area contributed by atoms with Gasteiger partial charge < -0.3 is 9.63 Å². The van der Waals surface area contributed by atoms with Crippen LogP contribution in [0.15, 0.2) is 42.5 Å². The van der Waals surface area contributed by atoms with Gasteiger partial charge in [-0.2, -0.15) is 0 Å². The van der Waals surface area contributed by atoms with Gasteiger partial charge in [0.2, 0.25) is 0 Å². The zero-order chi connectivity index (χ0) is 14.8. The third-order valence-corrected chi connectivity index (χ3v) is 4.85. The van der Waals surface area contributed by atoms with Crippen LogP contribution in [-0.4, -0.2) is 17.1 Å². The Balaban J connectivity index is 2.27. The van der Waals surface area contributed by atoms with E-state index in [9.17, 15) is 4.79 Å². The molecule has 0 heterocycles. The summed E-state index contributed by atoms with van der Waals surface area (Å²) in [6, 6.07) is 12.4. The molecule has 0 saturated heterocycles. The van der Waals surface area contributed by atoms with Crippen LogP contribution in [0.3, 0.4) is 0 Å². The minimum atomic E-state index is -2.95. The van der Waals surface area contributed by atoms with Crippen molar-refractivity contribution in [1.82, 2.24) is 5.09 Å². The van der Waals surface area contributed by atoms with E-state index in [-0.39, 0.29) is 0 Å². The van der Waals surface area contributed by atoms with Crippen molar-refractivity contribution < 1.29 is 14.4 Å². The van der Waals surface area contributed by atoms with Gasteiger partial charge in [-0.15, -0.1) is 0 Å². The Morgan fingerprint density at radius 1 is 1.35 bits per heavy atom. The molecule has 0 aliphatic heterocycles. The number of halogens is 1. The van der Waals surface area contributed by atoms with Gasteiger partial charge in [-0.05, 0) is 41.4 Å². The van der Waals surface area contributed by atoms with Crippen molar-refractivity contribution >= 4 is 45.6 Å². The van der Waals surface area contributed by atoms with E-state index in [1.807, 2.05) is 36.4 Å². The number of benzene rings is 2. The largest absolute Gasteiger partial charge is 0.480 e. The van der Waals surface area contributed by atoms with E-state index in [1.54, 1.807) is 6.07 Å². The molecule has 2 atom stereocenters. The van der Waals surface area contributed by atoms with Gasteiger partial charge in [0, 0.05) is 5.39 Å². The lowest BCUT2D eigenvalue weighted by molar-refractivity contribution is -0.138. The Labute approximate surface area is 126 Å². The molecule has 2 N–H and O–H groups in total. The fourth-order valence-electron chi connectivity index (χ4n) is 1.71. The maximum Gasteiger partial charge on any atom is 0.320 e. The van der Waals surface area contributed by atoms with E-state index in [0.717, 1.165) is 10.8 Å². The van der Waals surface area contributed by atoms with Crippen molar-refractivity contribution in [2.75, 3.05) is 0 Å². The molecule has 0 aromatic heterocycles. The average molecular weight is 330 g/mol. The molecule has 0 amide bonds. The summed E-state index contributed by atoms with van der Waals surface area (Å²) >= 11 is 11.3. The lowest BCUT2D eigenvalue weighted by Gasteiger charge is -2.20. The second-order valence-electron chi connectivity index (χ2n) is 4.24. The van der Waals surface area contributed by atoms with Crippen LogP contribution in [0, 0.1) is 0 Å². The predicted molar refractivity (Wildman–Crippen MR) is 84.9 cm³/mol. The molecule has 0 saturated carbocycles. The lowest BCUT2D eigenvalue weighted by Crippen LogP contribution is -2.31. The van der Waals surface area contributed by atoms with Gasteiger partial charge in [-0.25, -0.2) is 5.09 Å². The maximum atomic E-state index is 10.8. The summed E-state index contributed by atoms with van der Waals surface area (Å²) in [5, 5.41) is 13.4. The third-order valence-electron chi connectivity index (χ3n) is 2.68. The summed E-state index contributed by atoms with van der Waals surface area (Å²) in [6.45, 7) is 1.47. The van der Waals surface area contributed by atoms with Crippen LogP contribution in [-0.2, 0) is 16.6 Å². The second kappa shape index (κ2) is 6.10. The number of rotatable bonds is 5. The summed E-state index contributed by atoms with van der Waals surface area (Å²) in [5.41, 5.74) is 0. The molecule has 0 radical (unpaired) electrons. The van der Waals surface area contributed by atoms with Crippen LogP contribution < -0.4 is 9.61 Å². The molecule has 0 spiro atoms. The lowest BCUT2D eigenvalue weighted by atomic mass is 10.1. The summed E-state index contributed by atoms with van der Waals surface area (Å²) in [5.74, 6) is -3.43. The highest BCUT2D eigenvalue weighted by Gasteiger charge is 2.23. The Bertz CT molecular complexity index is 689. The molecule has 4 nitrogen and oxygen atoms in total. The standard InChI is InChI=1S/C13H13ClNO3PS/c1-9(13(16)17)15-19(14,20)18-12-8-4-6-10-5-2-3-7-11(10)12/h2-9H,1H3,(H,15,20)(H,16,17). The molecule has 0 aliphatic carbocycles. The predicted octanol–water partition coefficient (Wildman–Crippen LogP) is 3.74. The Morgan fingerprint density at radius 2 is 2.00 bits per heavy atom. The van der Waals surface area contributed by atoms with Crippen LogP contribution in [0.1, 0.15) is 6.92 Å². The number of nitrogens with one attached hydrogen (secondary N) is 1. The topological polar surface area (TPSA) is 58.6 Å². The molecular formula is C13H13ClNO3PS. The number of aliphatic carboxylic acids is 1. The minimum Gasteiger partial charge on any atom is -0.480 e. The van der Waals surface area contributed by atoms with Crippen molar-refractivity contribution in [1.29, 1.82) is 0 Å². The molecule has 106 valence electrons. The molecule has 2 aromatic rings. The fraction of sp³-hybridized carbons (Fsp3) is 0.154. The first-order valence-corrected chi connectivity index (χ1v) is 9.49. The summed E-state index contributed by atoms with van der Waals surface area (Å²) < 4.78 is 5.65. The first-order valence-electron chi connectivity index (χ1n) is 5.87. The zero-order valence-corrected chi connectivity index (χ0v) is 13.1. The van der Waals surface area contributed by atoms with E-state index in [2.05, 4.69) is 5.09 Å². The number of hydrogen-bond acceptors (Lipinski definition) is 3. The Morgan fingerprint density at radius 3 is 2.70 bits per heavy atom. The average Bonchev–Trinajstić information content (AvgIpc) is 2.38. The highest BCUT2D eigenvalue weighted by molar-refractivity contribution is 8.23. The second-order valence-corrected chi connectivity index (χ2v) is 9.21. The van der Waals surface area contributed by atoms with Gasteiger partial charge >= 0.3 is 5.97 Å². The molecule has 2 aromatic carbocycles. The number of hydrogen-bond donors (Lipinski definition) is 2. The van der Waals surface area contributed by atoms with E-state index >= 15 is 0 Å². The Kier molecular flexibility index (Phi) is 4.66. The number of carbonyl (C=O) groups is 1. The summed E-state index contributed by atoms with van der Waals surface area (Å²) in [7, 11) is 0. The van der Waals surface area contributed by atoms with Crippen LogP contribution in [0.5, 0.6) is 5.75 Å². The first kappa shape index (κ1) is 15.3. The van der Waals surface area contributed by atoms with Crippen LogP contribution in [0.2, 0.25) is 0 Å². The number of fused-ring (bicyclic) bond motifs is 1. The molecule has 20 heavy (non-hydrogen) atoms. The first-order chi connectivity index (χ1) is 9.39. The molecule has 7 heteroatoms. The zero-order valence-electron chi connectivity index (χ0n) is 10.6. The van der Waals surface area contributed by atoms with Crippen molar-refractivity contribution in [3.63, 3.8) is 0 Å². The monoisotopic (exact) mass is 329 g/mol. The van der Waals surface area contributed by atoms with E-state index in [1.165, 1.54) is 6.92 Å². The summed E-state index contributed by atoms with van der Waals surface area (Å²) in [6.07, 6.45) is 0. The molecule has 2 rings (SSSR count). The van der Waals surface area contributed by atoms with Gasteiger partial charge in [0.25, 0.3) is 5.77 Å². The number of carboxylic acids is 1. The smallest absolute Gasteiger partial charge is 0.320 e. The molecular weight excluding hydrogens is 317 g/mol. The Hall–Kier alpha value is -1.13. The van der Waals surface area contributed by atoms with Gasteiger partial charge in [0.05, 0.1) is 0 Å². The van der Waals surface area contributed by atoms with Crippen LogP contribution in [0.25, 0.3) is 10.8 Å². The molecule has 0 aliphatic rings. The normalized spacial score (nSPS) is 15.5. The highest BCUT2D eigenvalue weighted by atomic mass is 35.7. The SMILES string of the molecule is CC(NP(=S)(Cl)Oc1cccc2ccccc12)C(=O)O. The van der Waals surface area contributed by atoms with E-state index in [0.29, 0.717) is 5.75 Å². The van der Waals surface area contributed by atoms with E-state index < -0.39 is 17.8 Å². The van der Waals surface area contributed by atoms with Gasteiger partial charge in [0.1, 0.15) is 11.8 Å². The molecule has 0 fully saturated rings. The van der Waals surface area contributed by atoms with Crippen molar-refractivity contribution in [3.8, 4) is 5.75 Å². The van der Waals surface area contributed by atoms with Crippen molar-refractivity contribution in [2.24, 2.45) is 0 Å². The van der Waals surface area contributed by atoms with Gasteiger partial charge in [0.15, 0.2) is 0 Å². The van der Waals surface area contributed by atoms with E-state index in [4.69, 9.17) is 32.7 Å². The summed E-state index contributed by atoms with van der Waals surface area (Å²) in [4.78, 5) is 10.8. The van der Waals surface area contributed by atoms with Crippen molar-refractivity contribution in [2.45, 2.75) is 13.0 Å². The van der Waals surface area contributed by atoms with Crippen molar-refractivity contribution in [3.05, 3.63) is 42.5 Å². The van der Waals surface area contributed by atoms with Crippen LogP contribution in [0.4, 0.5) is 0 Å². The fourth-order valence-corrected chi connectivity index (χ4v) is 4.13. The molecule has 0 bridgehead atoms. The quantitative estimate of drug-likeness (QED) is 0.818. The molecule has 2 unspecified atom stereocenters. The van der Waals surface area contributed by atoms with Crippen LogP contribution >= 0.6 is 17.0 Å². The maximum absolute atomic E-state index is 10.8. The highest BCUT2D eigenvalue weighted by Crippen LogP contribution is 2.50.